The van der Waals surface area contributed by atoms with Gasteiger partial charge in [-0.05, 0) is 75.2 Å². The quantitative estimate of drug-likeness (QED) is 0.477. The van der Waals surface area contributed by atoms with E-state index in [1.54, 1.807) is 36.4 Å². The summed E-state index contributed by atoms with van der Waals surface area (Å²) in [5, 5.41) is 2.75. The van der Waals surface area contributed by atoms with Gasteiger partial charge in [-0.25, -0.2) is 8.42 Å². The predicted molar refractivity (Wildman–Crippen MR) is 131 cm³/mol. The molecule has 0 aliphatic rings. The molecule has 3 aromatic rings. The third-order valence-corrected chi connectivity index (χ3v) is 7.18. The Bertz CT molecular complexity index is 1200. The molecule has 7 heteroatoms. The molecule has 0 unspecified atom stereocenters. The highest BCUT2D eigenvalue weighted by Crippen LogP contribution is 2.26. The molecule has 0 aromatic heterocycles. The van der Waals surface area contributed by atoms with E-state index in [1.807, 2.05) is 58.0 Å². The SMILES string of the molecule is Cc1ccc(OCCNC(=O)CN(c2ccc(C)c(C)c2)S(=O)(=O)c2ccc(C)cc2)cc1. The van der Waals surface area contributed by atoms with Gasteiger partial charge in [-0.1, -0.05) is 41.5 Å². The molecule has 0 radical (unpaired) electrons. The van der Waals surface area contributed by atoms with E-state index in [4.69, 9.17) is 4.74 Å². The molecule has 0 saturated heterocycles. The van der Waals surface area contributed by atoms with E-state index < -0.39 is 15.9 Å². The highest BCUT2D eigenvalue weighted by atomic mass is 32.2. The highest BCUT2D eigenvalue weighted by molar-refractivity contribution is 7.92. The molecule has 6 nitrogen and oxygen atoms in total. The van der Waals surface area contributed by atoms with Crippen molar-refractivity contribution in [1.29, 1.82) is 0 Å². The summed E-state index contributed by atoms with van der Waals surface area (Å²) in [5.41, 5.74) is 4.53. The second-order valence-corrected chi connectivity index (χ2v) is 9.97. The second-order valence-electron chi connectivity index (χ2n) is 8.10. The molecular formula is C26H30N2O4S. The molecule has 33 heavy (non-hydrogen) atoms. The molecule has 0 spiro atoms. The number of nitrogens with zero attached hydrogens (tertiary/aromatic N) is 1. The monoisotopic (exact) mass is 466 g/mol. The number of anilines is 1. The topological polar surface area (TPSA) is 75.7 Å². The Hall–Kier alpha value is -3.32. The summed E-state index contributed by atoms with van der Waals surface area (Å²) < 4.78 is 33.7. The lowest BCUT2D eigenvalue weighted by atomic mass is 10.1. The van der Waals surface area contributed by atoms with Crippen molar-refractivity contribution < 1.29 is 17.9 Å². The number of aryl methyl sites for hydroxylation is 4. The van der Waals surface area contributed by atoms with Crippen LogP contribution in [0.5, 0.6) is 5.75 Å². The van der Waals surface area contributed by atoms with Crippen molar-refractivity contribution >= 4 is 21.6 Å². The first-order valence-corrected chi connectivity index (χ1v) is 12.2. The van der Waals surface area contributed by atoms with Crippen LogP contribution in [0.3, 0.4) is 0 Å². The zero-order chi connectivity index (χ0) is 24.0. The number of nitrogens with one attached hydrogen (secondary N) is 1. The predicted octanol–water partition coefficient (Wildman–Crippen LogP) is 4.31. The maximum absolute atomic E-state index is 13.4. The van der Waals surface area contributed by atoms with Crippen LogP contribution in [0.4, 0.5) is 5.69 Å². The molecule has 174 valence electrons. The van der Waals surface area contributed by atoms with Crippen LogP contribution in [0.25, 0.3) is 0 Å². The lowest BCUT2D eigenvalue weighted by molar-refractivity contribution is -0.119. The molecule has 1 N–H and O–H groups in total. The molecule has 0 fully saturated rings. The fourth-order valence-electron chi connectivity index (χ4n) is 3.21. The van der Waals surface area contributed by atoms with E-state index >= 15 is 0 Å². The summed E-state index contributed by atoms with van der Waals surface area (Å²) in [7, 11) is -3.93. The molecule has 1 amide bonds. The van der Waals surface area contributed by atoms with E-state index in [0.29, 0.717) is 11.4 Å². The van der Waals surface area contributed by atoms with Crippen molar-refractivity contribution in [2.75, 3.05) is 24.0 Å². The fourth-order valence-corrected chi connectivity index (χ4v) is 4.63. The third kappa shape index (κ3) is 6.35. The summed E-state index contributed by atoms with van der Waals surface area (Å²) in [5.74, 6) is 0.310. The maximum Gasteiger partial charge on any atom is 0.264 e. The number of carbonyl (C=O) groups excluding carboxylic acids is 1. The van der Waals surface area contributed by atoms with Gasteiger partial charge in [0.05, 0.1) is 17.1 Å². The first-order chi connectivity index (χ1) is 15.7. The first-order valence-electron chi connectivity index (χ1n) is 10.8. The molecule has 0 bridgehead atoms. The summed E-state index contributed by atoms with van der Waals surface area (Å²) in [6.07, 6.45) is 0. The summed E-state index contributed by atoms with van der Waals surface area (Å²) >= 11 is 0. The average Bonchev–Trinajstić information content (AvgIpc) is 2.78. The largest absolute Gasteiger partial charge is 0.492 e. The first kappa shape index (κ1) is 24.3. The van der Waals surface area contributed by atoms with Crippen molar-refractivity contribution in [2.24, 2.45) is 0 Å². The van der Waals surface area contributed by atoms with Gasteiger partial charge in [-0.2, -0.15) is 0 Å². The van der Waals surface area contributed by atoms with Gasteiger partial charge in [0, 0.05) is 0 Å². The molecule has 3 rings (SSSR count). The number of carbonyl (C=O) groups is 1. The number of benzene rings is 3. The average molecular weight is 467 g/mol. The van der Waals surface area contributed by atoms with E-state index in [0.717, 1.165) is 26.6 Å². The summed E-state index contributed by atoms with van der Waals surface area (Å²) in [6, 6.07) is 19.6. The molecule has 0 atom stereocenters. The third-order valence-electron chi connectivity index (χ3n) is 5.39. The van der Waals surface area contributed by atoms with E-state index in [2.05, 4.69) is 5.32 Å². The van der Waals surface area contributed by atoms with Crippen LogP contribution in [-0.4, -0.2) is 34.0 Å². The number of ether oxygens (including phenoxy) is 1. The van der Waals surface area contributed by atoms with Crippen LogP contribution >= 0.6 is 0 Å². The van der Waals surface area contributed by atoms with Gasteiger partial charge in [-0.15, -0.1) is 0 Å². The summed E-state index contributed by atoms with van der Waals surface area (Å²) in [4.78, 5) is 12.8. The van der Waals surface area contributed by atoms with Crippen molar-refractivity contribution in [3.8, 4) is 5.75 Å². The number of amides is 1. The van der Waals surface area contributed by atoms with Gasteiger partial charge < -0.3 is 10.1 Å². The Morgan fingerprint density at radius 1 is 0.848 bits per heavy atom. The van der Waals surface area contributed by atoms with Crippen LogP contribution in [0, 0.1) is 27.7 Å². The Balaban J connectivity index is 1.73. The van der Waals surface area contributed by atoms with E-state index in [9.17, 15) is 13.2 Å². The Morgan fingerprint density at radius 2 is 1.45 bits per heavy atom. The number of sulfonamides is 1. The Morgan fingerprint density at radius 3 is 2.06 bits per heavy atom. The lowest BCUT2D eigenvalue weighted by Gasteiger charge is -2.25. The van der Waals surface area contributed by atoms with Gasteiger partial charge >= 0.3 is 0 Å². The van der Waals surface area contributed by atoms with Gasteiger partial charge in [0.2, 0.25) is 5.91 Å². The molecule has 0 aliphatic heterocycles. The minimum atomic E-state index is -3.93. The van der Waals surface area contributed by atoms with Crippen molar-refractivity contribution in [1.82, 2.24) is 5.32 Å². The van der Waals surface area contributed by atoms with Crippen LogP contribution in [0.15, 0.2) is 71.6 Å². The van der Waals surface area contributed by atoms with Crippen LogP contribution in [0.2, 0.25) is 0 Å². The van der Waals surface area contributed by atoms with E-state index in [-0.39, 0.29) is 24.6 Å². The smallest absolute Gasteiger partial charge is 0.264 e. The Labute approximate surface area is 196 Å². The van der Waals surface area contributed by atoms with Gasteiger partial charge in [-0.3, -0.25) is 9.10 Å². The second kappa shape index (κ2) is 10.5. The van der Waals surface area contributed by atoms with Crippen molar-refractivity contribution in [2.45, 2.75) is 32.6 Å². The molecule has 0 saturated carbocycles. The van der Waals surface area contributed by atoms with Gasteiger partial charge in [0.1, 0.15) is 18.9 Å². The summed E-state index contributed by atoms with van der Waals surface area (Å²) in [6.45, 7) is 7.97. The lowest BCUT2D eigenvalue weighted by Crippen LogP contribution is -2.42. The zero-order valence-electron chi connectivity index (χ0n) is 19.5. The van der Waals surface area contributed by atoms with Gasteiger partial charge in [0.15, 0.2) is 0 Å². The number of hydrogen-bond donors (Lipinski definition) is 1. The highest BCUT2D eigenvalue weighted by Gasteiger charge is 2.27. The number of hydrogen-bond acceptors (Lipinski definition) is 4. The minimum Gasteiger partial charge on any atom is -0.492 e. The molecule has 0 heterocycles. The van der Waals surface area contributed by atoms with E-state index in [1.165, 1.54) is 0 Å². The van der Waals surface area contributed by atoms with Crippen LogP contribution in [-0.2, 0) is 14.8 Å². The van der Waals surface area contributed by atoms with Crippen molar-refractivity contribution in [3.05, 3.63) is 89.0 Å². The van der Waals surface area contributed by atoms with Gasteiger partial charge in [0.25, 0.3) is 10.0 Å². The minimum absolute atomic E-state index is 0.141. The zero-order valence-corrected chi connectivity index (χ0v) is 20.3. The van der Waals surface area contributed by atoms with Crippen molar-refractivity contribution in [3.63, 3.8) is 0 Å². The maximum atomic E-state index is 13.4. The Kier molecular flexibility index (Phi) is 7.76. The molecule has 3 aromatic carbocycles. The fraction of sp³-hybridized carbons (Fsp3) is 0.269. The van der Waals surface area contributed by atoms with Crippen LogP contribution in [0.1, 0.15) is 22.3 Å². The normalized spacial score (nSPS) is 11.2. The van der Waals surface area contributed by atoms with Crippen LogP contribution < -0.4 is 14.4 Å². The number of rotatable bonds is 9. The standard InChI is InChI=1S/C26H30N2O4S/c1-19-5-11-24(12-6-19)32-16-15-27-26(29)18-28(23-10-9-21(3)22(4)17-23)33(30,31)25-13-7-20(2)8-14-25/h5-14,17H,15-16,18H2,1-4H3,(H,27,29). The molecular weight excluding hydrogens is 436 g/mol. The molecule has 0 aliphatic carbocycles.